The second-order valence-electron chi connectivity index (χ2n) is 7.16. The Hall–Kier alpha value is -3.43. The number of benzene rings is 2. The number of amides is 1. The third-order valence-corrected chi connectivity index (χ3v) is 6.98. The van der Waals surface area contributed by atoms with Gasteiger partial charge in [-0.3, -0.25) is 4.79 Å². The van der Waals surface area contributed by atoms with E-state index in [1.165, 1.54) is 6.20 Å². The number of halogens is 1. The topological polar surface area (TPSA) is 106 Å². The highest BCUT2D eigenvalue weighted by Gasteiger charge is 2.25. The zero-order valence-corrected chi connectivity index (χ0v) is 17.8. The SMILES string of the molecule is Cc1ccc(S(=O)(=O)n2ccc3c(Nc4cccc5c4C(=O)NC5)nc(Cl)nc32)cc1. The van der Waals surface area contributed by atoms with Crippen molar-refractivity contribution in [1.82, 2.24) is 19.3 Å². The first-order valence-electron chi connectivity index (χ1n) is 9.38. The average molecular weight is 454 g/mol. The molecular weight excluding hydrogens is 438 g/mol. The minimum absolute atomic E-state index is 0.119. The number of aromatic nitrogens is 3. The Morgan fingerprint density at radius 1 is 1.10 bits per heavy atom. The van der Waals surface area contributed by atoms with Gasteiger partial charge in [0, 0.05) is 12.7 Å². The molecular formula is C21H16ClN5O3S. The Labute approximate surface area is 182 Å². The number of hydrogen-bond donors (Lipinski definition) is 2. The van der Waals surface area contributed by atoms with Crippen molar-refractivity contribution >= 4 is 50.1 Å². The number of fused-ring (bicyclic) bond motifs is 2. The maximum atomic E-state index is 13.2. The molecule has 5 rings (SSSR count). The summed E-state index contributed by atoms with van der Waals surface area (Å²) in [6.45, 7) is 2.34. The van der Waals surface area contributed by atoms with E-state index in [2.05, 4.69) is 20.6 Å². The number of anilines is 2. The summed E-state index contributed by atoms with van der Waals surface area (Å²) in [5, 5.41) is 6.25. The largest absolute Gasteiger partial charge is 0.348 e. The molecule has 8 nitrogen and oxygen atoms in total. The number of nitrogens with zero attached hydrogens (tertiary/aromatic N) is 3. The number of nitrogens with one attached hydrogen (secondary N) is 2. The minimum atomic E-state index is -3.89. The molecule has 10 heteroatoms. The Balaban J connectivity index is 1.63. The van der Waals surface area contributed by atoms with Crippen LogP contribution >= 0.6 is 11.6 Å². The Kier molecular flexibility index (Phi) is 4.45. The molecule has 0 unspecified atom stereocenters. The Morgan fingerprint density at radius 2 is 1.87 bits per heavy atom. The van der Waals surface area contributed by atoms with E-state index >= 15 is 0 Å². The predicted octanol–water partition coefficient (Wildman–Crippen LogP) is 3.62. The molecule has 4 aromatic rings. The van der Waals surface area contributed by atoms with Crippen LogP contribution in [0.2, 0.25) is 5.28 Å². The molecule has 31 heavy (non-hydrogen) atoms. The van der Waals surface area contributed by atoms with Crippen LogP contribution in [0.3, 0.4) is 0 Å². The van der Waals surface area contributed by atoms with Crippen LogP contribution in [0.1, 0.15) is 21.5 Å². The molecule has 1 amide bonds. The van der Waals surface area contributed by atoms with Gasteiger partial charge in [-0.15, -0.1) is 0 Å². The molecule has 1 aliphatic heterocycles. The molecule has 2 N–H and O–H groups in total. The summed E-state index contributed by atoms with van der Waals surface area (Å²) in [7, 11) is -3.89. The lowest BCUT2D eigenvalue weighted by atomic mass is 10.1. The average Bonchev–Trinajstić information content (AvgIpc) is 3.33. The Morgan fingerprint density at radius 3 is 2.65 bits per heavy atom. The predicted molar refractivity (Wildman–Crippen MR) is 117 cm³/mol. The number of carbonyl (C=O) groups excluding carboxylic acids is 1. The van der Waals surface area contributed by atoms with Crippen LogP contribution in [0.15, 0.2) is 59.6 Å². The first kappa shape index (κ1) is 19.5. The van der Waals surface area contributed by atoms with E-state index in [0.717, 1.165) is 15.1 Å². The summed E-state index contributed by atoms with van der Waals surface area (Å²) < 4.78 is 27.4. The molecule has 0 radical (unpaired) electrons. The van der Waals surface area contributed by atoms with E-state index in [4.69, 9.17) is 11.6 Å². The lowest BCUT2D eigenvalue weighted by Gasteiger charge is -2.11. The molecule has 3 heterocycles. The summed E-state index contributed by atoms with van der Waals surface area (Å²) >= 11 is 6.13. The van der Waals surface area contributed by atoms with Gasteiger partial charge < -0.3 is 10.6 Å². The van der Waals surface area contributed by atoms with Crippen LogP contribution in [0, 0.1) is 6.92 Å². The molecule has 0 fully saturated rings. The number of rotatable bonds is 4. The van der Waals surface area contributed by atoms with Gasteiger partial charge in [0.05, 0.1) is 21.5 Å². The van der Waals surface area contributed by atoms with Crippen LogP contribution in [0.25, 0.3) is 11.0 Å². The molecule has 0 bridgehead atoms. The summed E-state index contributed by atoms with van der Waals surface area (Å²) in [4.78, 5) is 20.8. The highest BCUT2D eigenvalue weighted by molar-refractivity contribution is 7.90. The molecule has 2 aromatic heterocycles. The maximum Gasteiger partial charge on any atom is 0.269 e. The molecule has 0 spiro atoms. The summed E-state index contributed by atoms with van der Waals surface area (Å²) in [6.07, 6.45) is 1.41. The van der Waals surface area contributed by atoms with E-state index in [1.807, 2.05) is 19.1 Å². The highest BCUT2D eigenvalue weighted by Crippen LogP contribution is 2.31. The number of carbonyl (C=O) groups is 1. The monoisotopic (exact) mass is 453 g/mol. The van der Waals surface area contributed by atoms with Crippen LogP contribution in [0.5, 0.6) is 0 Å². The van der Waals surface area contributed by atoms with Gasteiger partial charge in [-0.05, 0) is 48.4 Å². The fourth-order valence-corrected chi connectivity index (χ4v) is 5.05. The van der Waals surface area contributed by atoms with E-state index in [9.17, 15) is 13.2 Å². The zero-order chi connectivity index (χ0) is 21.8. The van der Waals surface area contributed by atoms with Crippen LogP contribution in [-0.4, -0.2) is 28.3 Å². The quantitative estimate of drug-likeness (QED) is 0.457. The van der Waals surface area contributed by atoms with Crippen molar-refractivity contribution in [1.29, 1.82) is 0 Å². The van der Waals surface area contributed by atoms with E-state index < -0.39 is 10.0 Å². The van der Waals surface area contributed by atoms with Crippen molar-refractivity contribution in [3.05, 3.63) is 76.7 Å². The fourth-order valence-electron chi connectivity index (χ4n) is 3.59. The van der Waals surface area contributed by atoms with Gasteiger partial charge in [-0.2, -0.15) is 9.97 Å². The van der Waals surface area contributed by atoms with Crippen molar-refractivity contribution in [2.75, 3.05) is 5.32 Å². The standard InChI is InChI=1S/C21H16ClN5O3S/c1-12-5-7-14(8-6-12)31(29,30)27-10-9-15-18(25-21(22)26-19(15)27)24-16-4-2-3-13-11-23-20(28)17(13)16/h2-10H,11H2,1H3,(H,23,28)(H,24,25,26). The van der Waals surface area contributed by atoms with E-state index in [1.54, 1.807) is 36.4 Å². The highest BCUT2D eigenvalue weighted by atomic mass is 35.5. The summed E-state index contributed by atoms with van der Waals surface area (Å²) in [6, 6.07) is 13.6. The van der Waals surface area contributed by atoms with E-state index in [0.29, 0.717) is 29.0 Å². The first-order chi connectivity index (χ1) is 14.8. The molecule has 156 valence electrons. The van der Waals surface area contributed by atoms with Gasteiger partial charge >= 0.3 is 0 Å². The van der Waals surface area contributed by atoms with Gasteiger partial charge in [0.2, 0.25) is 5.28 Å². The second-order valence-corrected chi connectivity index (χ2v) is 9.31. The molecule has 0 aliphatic carbocycles. The number of hydrogen-bond acceptors (Lipinski definition) is 6. The van der Waals surface area contributed by atoms with Crippen LogP contribution in [0.4, 0.5) is 11.5 Å². The third-order valence-electron chi connectivity index (χ3n) is 5.13. The third kappa shape index (κ3) is 3.22. The molecule has 0 saturated heterocycles. The first-order valence-corrected chi connectivity index (χ1v) is 11.2. The van der Waals surface area contributed by atoms with Crippen LogP contribution in [-0.2, 0) is 16.6 Å². The summed E-state index contributed by atoms with van der Waals surface area (Å²) in [5.74, 6) is 0.120. The Bertz CT molecular complexity index is 1460. The molecule has 1 aliphatic rings. The lowest BCUT2D eigenvalue weighted by Crippen LogP contribution is -2.14. The van der Waals surface area contributed by atoms with E-state index in [-0.39, 0.29) is 21.7 Å². The zero-order valence-electron chi connectivity index (χ0n) is 16.3. The molecule has 0 atom stereocenters. The lowest BCUT2D eigenvalue weighted by molar-refractivity contribution is 0.0966. The maximum absolute atomic E-state index is 13.2. The van der Waals surface area contributed by atoms with Gasteiger partial charge in [0.25, 0.3) is 15.9 Å². The van der Waals surface area contributed by atoms with Gasteiger partial charge in [0.15, 0.2) is 5.65 Å². The number of aryl methyl sites for hydroxylation is 1. The van der Waals surface area contributed by atoms with Crippen molar-refractivity contribution in [2.45, 2.75) is 18.4 Å². The van der Waals surface area contributed by atoms with Crippen molar-refractivity contribution in [3.8, 4) is 0 Å². The molecule has 0 saturated carbocycles. The normalized spacial score (nSPS) is 13.3. The van der Waals surface area contributed by atoms with Gasteiger partial charge in [-0.1, -0.05) is 29.8 Å². The van der Waals surface area contributed by atoms with Crippen molar-refractivity contribution < 1.29 is 13.2 Å². The van der Waals surface area contributed by atoms with Crippen molar-refractivity contribution in [3.63, 3.8) is 0 Å². The fraction of sp³-hybridized carbons (Fsp3) is 0.0952. The second kappa shape index (κ2) is 7.07. The molecule has 2 aromatic carbocycles. The van der Waals surface area contributed by atoms with Gasteiger partial charge in [-0.25, -0.2) is 12.4 Å². The minimum Gasteiger partial charge on any atom is -0.348 e. The van der Waals surface area contributed by atoms with Crippen molar-refractivity contribution in [2.24, 2.45) is 0 Å². The smallest absolute Gasteiger partial charge is 0.269 e. The summed E-state index contributed by atoms with van der Waals surface area (Å²) in [5.41, 5.74) is 3.04. The van der Waals surface area contributed by atoms with Crippen LogP contribution < -0.4 is 10.6 Å². The van der Waals surface area contributed by atoms with Gasteiger partial charge in [0.1, 0.15) is 5.82 Å².